The van der Waals surface area contributed by atoms with Crippen LogP contribution in [0.15, 0.2) is 48.8 Å². The van der Waals surface area contributed by atoms with Crippen molar-refractivity contribution < 1.29 is 23.5 Å². The van der Waals surface area contributed by atoms with Gasteiger partial charge in [0.15, 0.2) is 11.6 Å². The number of anilines is 1. The number of likely N-dealkylation sites (tertiary alicyclic amines) is 2. The number of carbonyl (C=O) groups is 2. The molecule has 0 saturated carbocycles. The summed E-state index contributed by atoms with van der Waals surface area (Å²) in [6.07, 6.45) is 7.37. The summed E-state index contributed by atoms with van der Waals surface area (Å²) >= 11 is 0. The molecule has 10 heteroatoms. The first-order valence-corrected chi connectivity index (χ1v) is 14.7. The summed E-state index contributed by atoms with van der Waals surface area (Å²) in [5, 5.41) is 6.86. The molecule has 0 atom stereocenters. The quantitative estimate of drug-likeness (QED) is 0.447. The first kappa shape index (κ1) is 28.2. The number of methoxy groups -OCH3 is 2. The molecule has 4 heterocycles. The van der Waals surface area contributed by atoms with Crippen molar-refractivity contribution in [1.29, 1.82) is 0 Å². The number of rotatable bonds is 7. The first-order valence-electron chi connectivity index (χ1n) is 14.7. The fourth-order valence-corrected chi connectivity index (χ4v) is 6.83. The number of ether oxygens (including phenoxy) is 2. The number of amides is 2. The minimum atomic E-state index is -0.410. The van der Waals surface area contributed by atoms with E-state index in [9.17, 15) is 14.0 Å². The molecule has 2 aromatic carbocycles. The summed E-state index contributed by atoms with van der Waals surface area (Å²) in [6, 6.07) is 10.8. The van der Waals surface area contributed by atoms with Gasteiger partial charge in [-0.05, 0) is 75.0 Å². The van der Waals surface area contributed by atoms with Gasteiger partial charge in [-0.3, -0.25) is 19.6 Å². The molecule has 1 aromatic heterocycles. The van der Waals surface area contributed by atoms with Crippen LogP contribution in [0.2, 0.25) is 0 Å². The topological polar surface area (TPSA) is 91.0 Å². The van der Waals surface area contributed by atoms with Crippen molar-refractivity contribution in [3.05, 3.63) is 60.2 Å². The first-order chi connectivity index (χ1) is 20.4. The van der Waals surface area contributed by atoms with Crippen LogP contribution in [0.5, 0.6) is 11.5 Å². The van der Waals surface area contributed by atoms with Crippen molar-refractivity contribution in [3.8, 4) is 22.6 Å². The Bertz CT molecular complexity index is 1430. The van der Waals surface area contributed by atoms with Gasteiger partial charge in [-0.25, -0.2) is 4.39 Å². The molecule has 222 valence electrons. The van der Waals surface area contributed by atoms with Crippen LogP contribution in [0, 0.1) is 17.2 Å². The molecule has 0 unspecified atom stereocenters. The number of aromatic amines is 1. The maximum absolute atomic E-state index is 13.8. The van der Waals surface area contributed by atoms with Crippen LogP contribution in [0.3, 0.4) is 0 Å². The third-order valence-corrected chi connectivity index (χ3v) is 9.41. The number of aromatic nitrogens is 2. The Balaban J connectivity index is 1.02. The van der Waals surface area contributed by atoms with Crippen molar-refractivity contribution in [3.63, 3.8) is 0 Å². The molecule has 0 bridgehead atoms. The molecule has 2 amide bonds. The minimum absolute atomic E-state index is 0.00929. The summed E-state index contributed by atoms with van der Waals surface area (Å²) in [6.45, 7) is 4.27. The van der Waals surface area contributed by atoms with E-state index in [1.54, 1.807) is 25.4 Å². The zero-order valence-corrected chi connectivity index (χ0v) is 24.3. The lowest BCUT2D eigenvalue weighted by molar-refractivity contribution is -0.142. The second-order valence-electron chi connectivity index (χ2n) is 11.7. The lowest BCUT2D eigenvalue weighted by Gasteiger charge is -2.40. The fourth-order valence-electron chi connectivity index (χ4n) is 6.83. The zero-order valence-electron chi connectivity index (χ0n) is 24.3. The molecule has 9 nitrogen and oxygen atoms in total. The van der Waals surface area contributed by atoms with Gasteiger partial charge < -0.3 is 19.3 Å². The summed E-state index contributed by atoms with van der Waals surface area (Å²) in [7, 11) is 3.11. The van der Waals surface area contributed by atoms with Gasteiger partial charge in [0.1, 0.15) is 5.75 Å². The molecule has 3 saturated heterocycles. The smallest absolute Gasteiger partial charge is 0.233 e. The third kappa shape index (κ3) is 5.35. The Morgan fingerprint density at radius 2 is 1.74 bits per heavy atom. The number of hydrogen-bond acceptors (Lipinski definition) is 6. The van der Waals surface area contributed by atoms with E-state index in [0.29, 0.717) is 44.8 Å². The SMILES string of the molecule is COc1cc(CN2CCC(C(=O)N3CCC4(CC3)CCN(c3ccc(-c5cn[nH]c5)c(OC)c3)C4=O)CC2)ccc1F. The summed E-state index contributed by atoms with van der Waals surface area (Å²) in [4.78, 5) is 33.4. The summed E-state index contributed by atoms with van der Waals surface area (Å²) < 4.78 is 24.5. The fraction of sp³-hybridized carbons (Fsp3) is 0.469. The minimum Gasteiger partial charge on any atom is -0.496 e. The van der Waals surface area contributed by atoms with E-state index in [2.05, 4.69) is 15.1 Å². The average Bonchev–Trinajstić information content (AvgIpc) is 3.67. The molecular weight excluding hydrogens is 537 g/mol. The van der Waals surface area contributed by atoms with Gasteiger partial charge in [-0.15, -0.1) is 0 Å². The molecule has 42 heavy (non-hydrogen) atoms. The van der Waals surface area contributed by atoms with Gasteiger partial charge in [0, 0.05) is 61.2 Å². The average molecular weight is 576 g/mol. The highest BCUT2D eigenvalue weighted by Gasteiger charge is 2.49. The van der Waals surface area contributed by atoms with Crippen LogP contribution in [0.1, 0.15) is 37.7 Å². The van der Waals surface area contributed by atoms with Crippen LogP contribution in [-0.4, -0.2) is 78.8 Å². The van der Waals surface area contributed by atoms with Crippen LogP contribution in [-0.2, 0) is 16.1 Å². The maximum atomic E-state index is 13.8. The van der Waals surface area contributed by atoms with E-state index >= 15 is 0 Å². The van der Waals surface area contributed by atoms with Gasteiger partial charge in [-0.1, -0.05) is 6.07 Å². The number of halogens is 1. The van der Waals surface area contributed by atoms with Crippen LogP contribution < -0.4 is 14.4 Å². The lowest BCUT2D eigenvalue weighted by atomic mass is 9.76. The Labute approximate surface area is 245 Å². The number of H-pyrrole nitrogens is 1. The molecule has 3 fully saturated rings. The molecule has 0 radical (unpaired) electrons. The third-order valence-electron chi connectivity index (χ3n) is 9.41. The Hall–Kier alpha value is -3.92. The van der Waals surface area contributed by atoms with Crippen LogP contribution >= 0.6 is 0 Å². The van der Waals surface area contributed by atoms with Gasteiger partial charge in [0.05, 0.1) is 25.8 Å². The van der Waals surface area contributed by atoms with Crippen LogP contribution in [0.4, 0.5) is 10.1 Å². The largest absolute Gasteiger partial charge is 0.496 e. The Morgan fingerprint density at radius 1 is 1.00 bits per heavy atom. The number of nitrogens with one attached hydrogen (secondary N) is 1. The maximum Gasteiger partial charge on any atom is 0.233 e. The van der Waals surface area contributed by atoms with E-state index in [4.69, 9.17) is 9.47 Å². The van der Waals surface area contributed by atoms with Crippen molar-refractivity contribution in [2.24, 2.45) is 11.3 Å². The molecule has 1 N–H and O–H groups in total. The van der Waals surface area contributed by atoms with Crippen molar-refractivity contribution in [2.75, 3.05) is 51.8 Å². The molecule has 0 aliphatic carbocycles. The van der Waals surface area contributed by atoms with Gasteiger partial charge in [-0.2, -0.15) is 5.10 Å². The van der Waals surface area contributed by atoms with Crippen molar-refractivity contribution in [1.82, 2.24) is 20.0 Å². The monoisotopic (exact) mass is 575 g/mol. The standard InChI is InChI=1S/C32H38FN5O4/c1-41-28-18-25(4-5-26(28)24-19-34-35-20-24)38-16-11-32(31(38)40)9-14-37(15-10-32)30(39)23-7-12-36(13-8-23)21-22-3-6-27(33)29(17-22)42-2/h3-6,17-20,23H,7-16,21H2,1-2H3,(H,34,35). The van der Waals surface area contributed by atoms with E-state index in [-0.39, 0.29) is 29.3 Å². The highest BCUT2D eigenvalue weighted by atomic mass is 19.1. The van der Waals surface area contributed by atoms with Gasteiger partial charge >= 0.3 is 0 Å². The second-order valence-corrected chi connectivity index (χ2v) is 11.7. The predicted octanol–water partition coefficient (Wildman–Crippen LogP) is 4.49. The van der Waals surface area contributed by atoms with E-state index < -0.39 is 5.41 Å². The second kappa shape index (κ2) is 11.8. The Morgan fingerprint density at radius 3 is 2.43 bits per heavy atom. The van der Waals surface area contributed by atoms with Gasteiger partial charge in [0.25, 0.3) is 0 Å². The van der Waals surface area contributed by atoms with Crippen molar-refractivity contribution >= 4 is 17.5 Å². The van der Waals surface area contributed by atoms with E-state index in [1.165, 1.54) is 13.2 Å². The highest BCUT2D eigenvalue weighted by molar-refractivity contribution is 6.00. The molecular formula is C32H38FN5O4. The Kier molecular flexibility index (Phi) is 7.90. The normalized spacial score (nSPS) is 19.5. The molecule has 1 spiro atoms. The number of carbonyl (C=O) groups excluding carboxylic acids is 2. The highest BCUT2D eigenvalue weighted by Crippen LogP contribution is 2.44. The van der Waals surface area contributed by atoms with Crippen molar-refractivity contribution in [2.45, 2.75) is 38.6 Å². The van der Waals surface area contributed by atoms with E-state index in [0.717, 1.165) is 54.7 Å². The summed E-state index contributed by atoms with van der Waals surface area (Å²) in [5.74, 6) is 0.975. The van der Waals surface area contributed by atoms with E-state index in [1.807, 2.05) is 34.2 Å². The molecule has 3 aliphatic heterocycles. The molecule has 6 rings (SSSR count). The van der Waals surface area contributed by atoms with Crippen LogP contribution in [0.25, 0.3) is 11.1 Å². The number of benzene rings is 2. The summed E-state index contributed by atoms with van der Waals surface area (Å²) in [5.41, 5.74) is 3.28. The number of piperidine rings is 2. The molecule has 3 aromatic rings. The number of hydrogen-bond donors (Lipinski definition) is 1. The van der Waals surface area contributed by atoms with Gasteiger partial charge in [0.2, 0.25) is 11.8 Å². The predicted molar refractivity (Wildman–Crippen MR) is 157 cm³/mol. The molecule has 3 aliphatic rings. The lowest BCUT2D eigenvalue weighted by Crippen LogP contribution is -2.49. The zero-order chi connectivity index (χ0) is 29.3. The number of nitrogens with zero attached hydrogens (tertiary/aromatic N) is 4.